The lowest BCUT2D eigenvalue weighted by Gasteiger charge is -2.23. The van der Waals surface area contributed by atoms with E-state index in [1.165, 1.54) is 12.1 Å². The molecular formula is C31H39FNO7P. The molecule has 0 bridgehead atoms. The van der Waals surface area contributed by atoms with E-state index < -0.39 is 25.8 Å². The molecule has 0 spiro atoms. The van der Waals surface area contributed by atoms with E-state index in [1.54, 1.807) is 52.0 Å². The van der Waals surface area contributed by atoms with Crippen LogP contribution in [0.4, 0.5) is 4.39 Å². The molecule has 41 heavy (non-hydrogen) atoms. The molecule has 1 aromatic heterocycles. The van der Waals surface area contributed by atoms with Crippen LogP contribution in [0.3, 0.4) is 0 Å². The van der Waals surface area contributed by atoms with Crippen LogP contribution in [0.15, 0.2) is 48.5 Å². The van der Waals surface area contributed by atoms with Crippen LogP contribution < -0.4 is 4.74 Å². The smallest absolute Gasteiger partial charge is 0.368 e. The summed E-state index contributed by atoms with van der Waals surface area (Å²) >= 11 is 0. The molecule has 0 aliphatic carbocycles. The van der Waals surface area contributed by atoms with Crippen LogP contribution in [-0.4, -0.2) is 46.4 Å². The summed E-state index contributed by atoms with van der Waals surface area (Å²) in [4.78, 5) is 11.9. The molecule has 0 amide bonds. The van der Waals surface area contributed by atoms with E-state index in [9.17, 15) is 18.9 Å². The summed E-state index contributed by atoms with van der Waals surface area (Å²) in [6.07, 6.45) is 1.76. The molecule has 0 unspecified atom stereocenters. The van der Waals surface area contributed by atoms with Gasteiger partial charge < -0.3 is 28.2 Å². The summed E-state index contributed by atoms with van der Waals surface area (Å²) in [6, 6.07) is 11.9. The maximum Gasteiger partial charge on any atom is 0.368 e. The van der Waals surface area contributed by atoms with E-state index in [-0.39, 0.29) is 36.8 Å². The SMILES string of the molecule is CC(C)OP(=O)(COc1ccc2c(c1)c(-c1ccc(F)cc1)c(C=C[C@@H]1C[C@@H](O)CC(=O)O1)n2C(C)C)OC(C)C. The highest BCUT2D eigenvalue weighted by atomic mass is 31.2. The van der Waals surface area contributed by atoms with E-state index in [0.29, 0.717) is 12.2 Å². The minimum absolute atomic E-state index is 0.0163. The molecular weight excluding hydrogens is 548 g/mol. The fourth-order valence-corrected chi connectivity index (χ4v) is 6.81. The molecule has 2 heterocycles. The Morgan fingerprint density at radius 1 is 1.07 bits per heavy atom. The molecule has 2 aromatic carbocycles. The number of aliphatic hydroxyl groups is 1. The van der Waals surface area contributed by atoms with Crippen molar-refractivity contribution in [3.8, 4) is 16.9 Å². The van der Waals surface area contributed by atoms with E-state index in [4.69, 9.17) is 18.5 Å². The average Bonchev–Trinajstić information content (AvgIpc) is 3.19. The number of benzene rings is 2. The molecule has 1 saturated heterocycles. The number of ether oxygens (including phenoxy) is 2. The molecule has 0 saturated carbocycles. The van der Waals surface area contributed by atoms with Gasteiger partial charge >= 0.3 is 13.6 Å². The Morgan fingerprint density at radius 3 is 2.32 bits per heavy atom. The minimum Gasteiger partial charge on any atom is -0.481 e. The number of aromatic nitrogens is 1. The molecule has 2 atom stereocenters. The van der Waals surface area contributed by atoms with Crippen LogP contribution in [0.2, 0.25) is 0 Å². The van der Waals surface area contributed by atoms with Crippen molar-refractivity contribution in [1.29, 1.82) is 0 Å². The van der Waals surface area contributed by atoms with Crippen molar-refractivity contribution in [2.75, 3.05) is 6.35 Å². The summed E-state index contributed by atoms with van der Waals surface area (Å²) in [5.74, 6) is -0.318. The van der Waals surface area contributed by atoms with E-state index in [1.807, 2.05) is 18.2 Å². The number of esters is 1. The zero-order valence-corrected chi connectivity index (χ0v) is 25.3. The number of halogens is 1. The molecule has 4 rings (SSSR count). The van der Waals surface area contributed by atoms with Gasteiger partial charge in [-0.25, -0.2) is 4.39 Å². The van der Waals surface area contributed by atoms with Gasteiger partial charge in [0.05, 0.1) is 24.7 Å². The van der Waals surface area contributed by atoms with Crippen LogP contribution in [0.1, 0.15) is 66.1 Å². The molecule has 3 aromatic rings. The Balaban J connectivity index is 1.80. The number of cyclic esters (lactones) is 1. The summed E-state index contributed by atoms with van der Waals surface area (Å²) in [5, 5.41) is 10.9. The van der Waals surface area contributed by atoms with Crippen molar-refractivity contribution in [1.82, 2.24) is 4.57 Å². The van der Waals surface area contributed by atoms with Crippen molar-refractivity contribution in [2.45, 2.75) is 84.8 Å². The fraction of sp³-hybridized carbons (Fsp3) is 0.452. The number of nitrogens with zero attached hydrogens (tertiary/aromatic N) is 1. The number of aliphatic hydroxyl groups excluding tert-OH is 1. The van der Waals surface area contributed by atoms with Crippen LogP contribution in [0, 0.1) is 5.82 Å². The van der Waals surface area contributed by atoms with Gasteiger partial charge in [-0.1, -0.05) is 12.1 Å². The summed E-state index contributed by atoms with van der Waals surface area (Å²) in [5.41, 5.74) is 3.35. The lowest BCUT2D eigenvalue weighted by Crippen LogP contribution is -2.31. The Kier molecular flexibility index (Phi) is 9.75. The summed E-state index contributed by atoms with van der Waals surface area (Å²) in [7, 11) is -3.53. The monoisotopic (exact) mass is 587 g/mol. The standard InChI is InChI=1S/C31H39FNO7P/c1-19(2)33-28-13-11-25(37-18-41(36,39-20(3)4)40-21(5)6)17-27(28)31(22-7-9-23(32)10-8-22)29(33)14-12-26-15-24(34)16-30(35)38-26/h7-14,17,19-21,24,26,34H,15-16,18H2,1-6H3/t24-,26-/m1/s1. The van der Waals surface area contributed by atoms with Gasteiger partial charge in [-0.3, -0.25) is 9.36 Å². The average molecular weight is 588 g/mol. The second-order valence-corrected chi connectivity index (χ2v) is 13.0. The summed E-state index contributed by atoms with van der Waals surface area (Å²) < 4.78 is 52.1. The minimum atomic E-state index is -3.53. The second-order valence-electron chi connectivity index (χ2n) is 11.1. The van der Waals surface area contributed by atoms with Gasteiger partial charge in [0.1, 0.15) is 17.7 Å². The normalized spacial score (nSPS) is 18.3. The van der Waals surface area contributed by atoms with Crippen LogP contribution in [-0.2, 0) is 23.1 Å². The van der Waals surface area contributed by atoms with Crippen LogP contribution in [0.25, 0.3) is 28.1 Å². The maximum absolute atomic E-state index is 13.9. The first kappa shape index (κ1) is 31.0. The van der Waals surface area contributed by atoms with Crippen molar-refractivity contribution < 1.29 is 37.4 Å². The first-order chi connectivity index (χ1) is 19.3. The van der Waals surface area contributed by atoms with Gasteiger partial charge in [0.25, 0.3) is 0 Å². The first-order valence-electron chi connectivity index (χ1n) is 13.9. The number of carbonyl (C=O) groups excluding carboxylic acids is 1. The third-order valence-corrected chi connectivity index (χ3v) is 8.38. The van der Waals surface area contributed by atoms with Gasteiger partial charge in [-0.15, -0.1) is 0 Å². The second kappa shape index (κ2) is 12.9. The van der Waals surface area contributed by atoms with Crippen molar-refractivity contribution >= 4 is 30.5 Å². The van der Waals surface area contributed by atoms with E-state index >= 15 is 0 Å². The van der Waals surface area contributed by atoms with Crippen LogP contribution >= 0.6 is 7.60 Å². The topological polar surface area (TPSA) is 96.2 Å². The zero-order valence-electron chi connectivity index (χ0n) is 24.4. The quantitative estimate of drug-likeness (QED) is 0.183. The number of hydrogen-bond donors (Lipinski definition) is 1. The number of fused-ring (bicyclic) bond motifs is 1. The third-order valence-electron chi connectivity index (χ3n) is 6.45. The Bertz CT molecular complexity index is 1430. The van der Waals surface area contributed by atoms with Crippen molar-refractivity contribution in [3.63, 3.8) is 0 Å². The maximum atomic E-state index is 13.9. The first-order valence-corrected chi connectivity index (χ1v) is 15.7. The van der Waals surface area contributed by atoms with E-state index in [0.717, 1.165) is 27.7 Å². The molecule has 10 heteroatoms. The van der Waals surface area contributed by atoms with Gasteiger partial charge in [-0.05, 0) is 89.6 Å². The predicted molar refractivity (Wildman–Crippen MR) is 157 cm³/mol. The zero-order chi connectivity index (χ0) is 29.9. The molecule has 1 aliphatic rings. The molecule has 1 fully saturated rings. The van der Waals surface area contributed by atoms with Gasteiger partial charge in [0, 0.05) is 34.6 Å². The van der Waals surface area contributed by atoms with Gasteiger partial charge in [0.15, 0.2) is 6.35 Å². The molecule has 8 nitrogen and oxygen atoms in total. The third kappa shape index (κ3) is 7.66. The number of rotatable bonds is 11. The largest absolute Gasteiger partial charge is 0.481 e. The Hall–Kier alpha value is -2.97. The molecule has 1 aliphatic heterocycles. The van der Waals surface area contributed by atoms with E-state index in [2.05, 4.69) is 18.4 Å². The number of carbonyl (C=O) groups is 1. The molecule has 0 radical (unpaired) electrons. The lowest BCUT2D eigenvalue weighted by atomic mass is 10.00. The molecule has 1 N–H and O–H groups in total. The summed E-state index contributed by atoms with van der Waals surface area (Å²) in [6.45, 7) is 11.3. The highest BCUT2D eigenvalue weighted by Gasteiger charge is 2.30. The lowest BCUT2D eigenvalue weighted by molar-refractivity contribution is -0.156. The highest BCUT2D eigenvalue weighted by molar-refractivity contribution is 7.53. The Labute approximate surface area is 240 Å². The Morgan fingerprint density at radius 2 is 1.73 bits per heavy atom. The van der Waals surface area contributed by atoms with Gasteiger partial charge in [-0.2, -0.15) is 0 Å². The van der Waals surface area contributed by atoms with Gasteiger partial charge in [0.2, 0.25) is 0 Å². The van der Waals surface area contributed by atoms with Crippen molar-refractivity contribution in [2.24, 2.45) is 0 Å². The van der Waals surface area contributed by atoms with Crippen LogP contribution in [0.5, 0.6) is 5.75 Å². The highest BCUT2D eigenvalue weighted by Crippen LogP contribution is 2.50. The predicted octanol–water partition coefficient (Wildman–Crippen LogP) is 7.49. The number of hydrogen-bond acceptors (Lipinski definition) is 7. The van der Waals surface area contributed by atoms with Crippen molar-refractivity contribution in [3.05, 3.63) is 60.1 Å². The molecule has 222 valence electrons. The fourth-order valence-electron chi connectivity index (χ4n) is 5.05.